The summed E-state index contributed by atoms with van der Waals surface area (Å²) in [5.74, 6) is -0.941. The Morgan fingerprint density at radius 2 is 1.86 bits per heavy atom. The van der Waals surface area contributed by atoms with Gasteiger partial charge in [0.2, 0.25) is 0 Å². The van der Waals surface area contributed by atoms with Crippen molar-refractivity contribution < 1.29 is 8.78 Å². The predicted molar refractivity (Wildman–Crippen MR) is 80.5 cm³/mol. The third-order valence-corrected chi connectivity index (χ3v) is 3.50. The number of hydrogen-bond acceptors (Lipinski definition) is 3. The first kappa shape index (κ1) is 14.2. The molecule has 0 atom stereocenters. The van der Waals surface area contributed by atoms with E-state index in [4.69, 9.17) is 5.73 Å². The zero-order valence-electron chi connectivity index (χ0n) is 11.6. The van der Waals surface area contributed by atoms with Crippen LogP contribution in [-0.4, -0.2) is 9.55 Å². The van der Waals surface area contributed by atoms with E-state index in [9.17, 15) is 13.6 Å². The average molecular weight is 301 g/mol. The largest absolute Gasteiger partial charge is 0.396 e. The predicted octanol–water partition coefficient (Wildman–Crippen LogP) is 2.50. The third-order valence-electron chi connectivity index (χ3n) is 3.50. The minimum absolute atomic E-state index is 0.0385. The maximum absolute atomic E-state index is 13.5. The van der Waals surface area contributed by atoms with Gasteiger partial charge in [-0.3, -0.25) is 9.36 Å². The van der Waals surface area contributed by atoms with Crippen molar-refractivity contribution in [1.29, 1.82) is 0 Å². The maximum Gasteiger partial charge on any atom is 0.261 e. The van der Waals surface area contributed by atoms with Gasteiger partial charge in [-0.2, -0.15) is 0 Å². The van der Waals surface area contributed by atoms with Crippen LogP contribution in [0.25, 0.3) is 10.9 Å². The van der Waals surface area contributed by atoms with Crippen LogP contribution in [0.1, 0.15) is 5.56 Å². The number of fused-ring (bicyclic) bond motifs is 1. The van der Waals surface area contributed by atoms with Crippen LogP contribution >= 0.6 is 0 Å². The summed E-state index contributed by atoms with van der Waals surface area (Å²) in [6, 6.07) is 8.51. The van der Waals surface area contributed by atoms with Crippen LogP contribution in [0.3, 0.4) is 0 Å². The number of benzene rings is 2. The maximum atomic E-state index is 13.5. The lowest BCUT2D eigenvalue weighted by Crippen LogP contribution is -2.22. The number of nitrogens with zero attached hydrogens (tertiary/aromatic N) is 2. The van der Waals surface area contributed by atoms with Gasteiger partial charge in [0.25, 0.3) is 5.56 Å². The van der Waals surface area contributed by atoms with Crippen molar-refractivity contribution in [2.75, 3.05) is 5.73 Å². The first-order chi connectivity index (χ1) is 10.5. The van der Waals surface area contributed by atoms with Crippen LogP contribution in [-0.2, 0) is 13.0 Å². The quantitative estimate of drug-likeness (QED) is 0.756. The van der Waals surface area contributed by atoms with E-state index in [1.165, 1.54) is 29.1 Å². The number of nitrogens with two attached hydrogens (primary N) is 1. The van der Waals surface area contributed by atoms with Crippen molar-refractivity contribution in [3.05, 3.63) is 70.3 Å². The Morgan fingerprint density at radius 1 is 1.14 bits per heavy atom. The zero-order chi connectivity index (χ0) is 15.7. The zero-order valence-corrected chi connectivity index (χ0v) is 11.6. The topological polar surface area (TPSA) is 60.9 Å². The number of hydrogen-bond donors (Lipinski definition) is 1. The summed E-state index contributed by atoms with van der Waals surface area (Å²) in [5.41, 5.74) is 6.36. The van der Waals surface area contributed by atoms with Crippen LogP contribution in [0, 0.1) is 11.6 Å². The highest BCUT2D eigenvalue weighted by atomic mass is 19.1. The van der Waals surface area contributed by atoms with E-state index < -0.39 is 5.82 Å². The lowest BCUT2D eigenvalue weighted by molar-refractivity contribution is 0.624. The van der Waals surface area contributed by atoms with Crippen LogP contribution in [0.2, 0.25) is 0 Å². The number of aromatic nitrogens is 2. The van der Waals surface area contributed by atoms with Crippen molar-refractivity contribution in [3.8, 4) is 0 Å². The van der Waals surface area contributed by atoms with Gasteiger partial charge >= 0.3 is 0 Å². The SMILES string of the molecule is Nc1cc2ncn(CCc3ccc(F)cc3)c(=O)c2cc1F. The Bertz CT molecular complexity index is 888. The molecule has 3 rings (SSSR count). The molecule has 0 amide bonds. The second-order valence-electron chi connectivity index (χ2n) is 5.01. The third kappa shape index (κ3) is 2.67. The first-order valence-electron chi connectivity index (χ1n) is 6.73. The van der Waals surface area contributed by atoms with Crippen LogP contribution in [0.4, 0.5) is 14.5 Å². The summed E-state index contributed by atoms with van der Waals surface area (Å²) < 4.78 is 27.8. The highest BCUT2D eigenvalue weighted by Gasteiger charge is 2.08. The van der Waals surface area contributed by atoms with Gasteiger partial charge in [-0.1, -0.05) is 12.1 Å². The molecule has 3 aromatic rings. The second-order valence-corrected chi connectivity index (χ2v) is 5.01. The molecule has 1 aromatic heterocycles. The molecule has 0 spiro atoms. The van der Waals surface area contributed by atoms with Gasteiger partial charge in [0.05, 0.1) is 22.9 Å². The van der Waals surface area contributed by atoms with E-state index in [0.717, 1.165) is 11.6 Å². The summed E-state index contributed by atoms with van der Waals surface area (Å²) in [7, 11) is 0. The van der Waals surface area contributed by atoms with Gasteiger partial charge < -0.3 is 5.73 Å². The van der Waals surface area contributed by atoms with E-state index in [1.54, 1.807) is 12.1 Å². The van der Waals surface area contributed by atoms with Crippen LogP contribution in [0.5, 0.6) is 0 Å². The van der Waals surface area contributed by atoms with E-state index in [0.29, 0.717) is 18.5 Å². The van der Waals surface area contributed by atoms with Gasteiger partial charge in [-0.15, -0.1) is 0 Å². The van der Waals surface area contributed by atoms with E-state index in [1.807, 2.05) is 0 Å². The molecule has 0 unspecified atom stereocenters. The molecule has 0 aliphatic heterocycles. The van der Waals surface area contributed by atoms with Crippen molar-refractivity contribution in [1.82, 2.24) is 9.55 Å². The molecule has 4 nitrogen and oxygen atoms in total. The van der Waals surface area contributed by atoms with Crippen LogP contribution in [0.15, 0.2) is 47.5 Å². The van der Waals surface area contributed by atoms with Crippen molar-refractivity contribution in [2.24, 2.45) is 0 Å². The monoisotopic (exact) mass is 301 g/mol. The summed E-state index contributed by atoms with van der Waals surface area (Å²) in [4.78, 5) is 16.4. The molecule has 1 heterocycles. The summed E-state index contributed by atoms with van der Waals surface area (Å²) in [5, 5.41) is 0.188. The van der Waals surface area contributed by atoms with Gasteiger partial charge in [-0.05, 0) is 36.2 Å². The van der Waals surface area contributed by atoms with E-state index >= 15 is 0 Å². The minimum atomic E-state index is -0.636. The molecule has 0 fully saturated rings. The fourth-order valence-electron chi connectivity index (χ4n) is 2.26. The highest BCUT2D eigenvalue weighted by molar-refractivity contribution is 5.80. The molecule has 22 heavy (non-hydrogen) atoms. The van der Waals surface area contributed by atoms with Crippen LogP contribution < -0.4 is 11.3 Å². The standard InChI is InChI=1S/C16H13F2N3O/c17-11-3-1-10(2-4-11)5-6-21-9-20-15-8-14(19)13(18)7-12(15)16(21)22/h1-4,7-9H,5-6,19H2. The Kier molecular flexibility index (Phi) is 3.58. The molecule has 2 N–H and O–H groups in total. The Labute approximate surface area is 124 Å². The lowest BCUT2D eigenvalue weighted by atomic mass is 10.1. The number of anilines is 1. The van der Waals surface area contributed by atoms with Crippen molar-refractivity contribution in [2.45, 2.75) is 13.0 Å². The van der Waals surface area contributed by atoms with Gasteiger partial charge in [0, 0.05) is 6.54 Å². The molecule has 0 aliphatic carbocycles. The molecule has 2 aromatic carbocycles. The van der Waals surface area contributed by atoms with E-state index in [-0.39, 0.29) is 22.5 Å². The number of halogens is 2. The molecule has 0 radical (unpaired) electrons. The average Bonchev–Trinajstić information content (AvgIpc) is 2.50. The highest BCUT2D eigenvalue weighted by Crippen LogP contribution is 2.16. The van der Waals surface area contributed by atoms with E-state index in [2.05, 4.69) is 4.98 Å². The number of rotatable bonds is 3. The lowest BCUT2D eigenvalue weighted by Gasteiger charge is -2.07. The Morgan fingerprint density at radius 3 is 2.59 bits per heavy atom. The molecule has 0 saturated heterocycles. The summed E-state index contributed by atoms with van der Waals surface area (Å²) >= 11 is 0. The van der Waals surface area contributed by atoms with Crippen molar-refractivity contribution in [3.63, 3.8) is 0 Å². The number of nitrogen functional groups attached to an aromatic ring is 1. The fraction of sp³-hybridized carbons (Fsp3) is 0.125. The molecule has 0 aliphatic rings. The van der Waals surface area contributed by atoms with Crippen molar-refractivity contribution >= 4 is 16.6 Å². The summed E-state index contributed by atoms with van der Waals surface area (Å²) in [6.45, 7) is 0.374. The van der Waals surface area contributed by atoms with Gasteiger partial charge in [-0.25, -0.2) is 13.8 Å². The smallest absolute Gasteiger partial charge is 0.261 e. The molecule has 112 valence electrons. The fourth-order valence-corrected chi connectivity index (χ4v) is 2.26. The Hall–Kier alpha value is -2.76. The second kappa shape index (κ2) is 5.55. The van der Waals surface area contributed by atoms with Gasteiger partial charge in [0.1, 0.15) is 11.6 Å². The Balaban J connectivity index is 1.91. The molecule has 0 saturated carbocycles. The molecule has 6 heteroatoms. The van der Waals surface area contributed by atoms with Gasteiger partial charge in [0.15, 0.2) is 0 Å². The number of aryl methyl sites for hydroxylation is 2. The molecular formula is C16H13F2N3O. The minimum Gasteiger partial charge on any atom is -0.396 e. The first-order valence-corrected chi connectivity index (χ1v) is 6.73. The summed E-state index contributed by atoms with van der Waals surface area (Å²) in [6.07, 6.45) is 1.95. The molecule has 0 bridgehead atoms. The molecular weight excluding hydrogens is 288 g/mol. The normalized spacial score (nSPS) is 11.0.